The first-order valence-corrected chi connectivity index (χ1v) is 9.29. The Bertz CT molecular complexity index is 1130. The predicted octanol–water partition coefficient (Wildman–Crippen LogP) is 3.34. The Kier molecular flexibility index (Phi) is 6.68. The Labute approximate surface area is 182 Å². The van der Waals surface area contributed by atoms with Gasteiger partial charge in [-0.15, -0.1) is 0 Å². The number of aromatic nitrogens is 1. The largest absolute Gasteiger partial charge is 0.497 e. The van der Waals surface area contributed by atoms with Crippen LogP contribution in [-0.4, -0.2) is 35.0 Å². The molecule has 0 aliphatic heterocycles. The number of amides is 2. The van der Waals surface area contributed by atoms with Gasteiger partial charge in [-0.3, -0.25) is 9.59 Å². The third kappa shape index (κ3) is 5.28. The fourth-order valence-corrected chi connectivity index (χ4v) is 2.74. The van der Waals surface area contributed by atoms with Crippen molar-refractivity contribution in [1.29, 1.82) is 0 Å². The molecular formula is C21H18ClN5O4. The first-order chi connectivity index (χ1) is 14.9. The van der Waals surface area contributed by atoms with E-state index in [2.05, 4.69) is 20.8 Å². The van der Waals surface area contributed by atoms with Gasteiger partial charge in [0.05, 0.1) is 23.4 Å². The fourth-order valence-electron chi connectivity index (χ4n) is 2.63. The van der Waals surface area contributed by atoms with Crippen LogP contribution < -0.4 is 21.1 Å². The van der Waals surface area contributed by atoms with Gasteiger partial charge in [0.15, 0.2) is 5.84 Å². The number of ether oxygens (including phenoxy) is 1. The number of rotatable bonds is 6. The number of halogens is 1. The molecule has 3 rings (SSSR count). The highest BCUT2D eigenvalue weighted by atomic mass is 35.5. The monoisotopic (exact) mass is 439 g/mol. The van der Waals surface area contributed by atoms with Gasteiger partial charge in [-0.2, -0.15) is 0 Å². The third-order valence-corrected chi connectivity index (χ3v) is 4.46. The van der Waals surface area contributed by atoms with Crippen molar-refractivity contribution in [3.63, 3.8) is 0 Å². The summed E-state index contributed by atoms with van der Waals surface area (Å²) in [5.74, 6) is -0.276. The first-order valence-electron chi connectivity index (χ1n) is 8.91. The van der Waals surface area contributed by atoms with E-state index in [-0.39, 0.29) is 17.1 Å². The van der Waals surface area contributed by atoms with Crippen LogP contribution in [0.5, 0.6) is 5.75 Å². The highest BCUT2D eigenvalue weighted by Gasteiger charge is 2.17. The summed E-state index contributed by atoms with van der Waals surface area (Å²) in [6.07, 6.45) is 1.41. The topological polar surface area (TPSA) is 139 Å². The Hall–Kier alpha value is -4.11. The Morgan fingerprint density at radius 1 is 1.03 bits per heavy atom. The summed E-state index contributed by atoms with van der Waals surface area (Å²) in [7, 11) is 1.47. The molecule has 0 aliphatic rings. The highest BCUT2D eigenvalue weighted by molar-refractivity contribution is 6.30. The minimum Gasteiger partial charge on any atom is -0.497 e. The summed E-state index contributed by atoms with van der Waals surface area (Å²) in [5, 5.41) is 17.4. The Morgan fingerprint density at radius 2 is 1.74 bits per heavy atom. The molecule has 10 heteroatoms. The first kappa shape index (κ1) is 21.6. The Balaban J connectivity index is 1.84. The molecule has 0 saturated carbocycles. The van der Waals surface area contributed by atoms with Gasteiger partial charge in [0.1, 0.15) is 11.6 Å². The standard InChI is InChI=1S/C21H18ClN5O4/c1-31-15-7-8-17(16(10-15)21(29)26-18-9-6-14(22)11-24-18)25-20(28)13-4-2-12(3-5-13)19(23)27-30/h2-11,30H,1H3,(H2,23,27)(H,25,28)(H,24,26,29). The van der Waals surface area contributed by atoms with Crippen molar-refractivity contribution in [3.05, 3.63) is 82.5 Å². The molecule has 1 aromatic heterocycles. The number of pyridine rings is 1. The number of nitrogens with two attached hydrogens (primary N) is 1. The molecule has 0 unspecified atom stereocenters. The SMILES string of the molecule is COc1ccc(NC(=O)c2ccc(/C(N)=N/O)cc2)c(C(=O)Nc2ccc(Cl)cn2)c1. The zero-order chi connectivity index (χ0) is 22.4. The van der Waals surface area contributed by atoms with Crippen LogP contribution >= 0.6 is 11.6 Å². The van der Waals surface area contributed by atoms with Crippen LogP contribution in [0.3, 0.4) is 0 Å². The molecule has 2 aromatic carbocycles. The zero-order valence-electron chi connectivity index (χ0n) is 16.3. The number of carbonyl (C=O) groups excluding carboxylic acids is 2. The Morgan fingerprint density at radius 3 is 2.35 bits per heavy atom. The molecule has 5 N–H and O–H groups in total. The lowest BCUT2D eigenvalue weighted by Crippen LogP contribution is -2.19. The third-order valence-electron chi connectivity index (χ3n) is 4.24. The average molecular weight is 440 g/mol. The number of amidine groups is 1. The van der Waals surface area contributed by atoms with Gasteiger partial charge < -0.3 is 26.3 Å². The maximum atomic E-state index is 12.8. The van der Waals surface area contributed by atoms with Gasteiger partial charge in [-0.1, -0.05) is 28.9 Å². The second-order valence-corrected chi connectivity index (χ2v) is 6.68. The average Bonchev–Trinajstić information content (AvgIpc) is 2.80. The van der Waals surface area contributed by atoms with Gasteiger partial charge in [0.25, 0.3) is 11.8 Å². The minimum atomic E-state index is -0.494. The molecule has 158 valence electrons. The van der Waals surface area contributed by atoms with E-state index in [4.69, 9.17) is 27.3 Å². The van der Waals surface area contributed by atoms with Gasteiger partial charge in [0, 0.05) is 17.3 Å². The molecule has 0 fully saturated rings. The number of anilines is 2. The second kappa shape index (κ2) is 9.59. The second-order valence-electron chi connectivity index (χ2n) is 6.24. The van der Waals surface area contributed by atoms with Crippen LogP contribution in [0.4, 0.5) is 11.5 Å². The molecule has 31 heavy (non-hydrogen) atoms. The van der Waals surface area contributed by atoms with Crippen LogP contribution in [0.15, 0.2) is 65.9 Å². The number of methoxy groups -OCH3 is 1. The van der Waals surface area contributed by atoms with Crippen molar-refractivity contribution >= 4 is 40.8 Å². The molecule has 0 saturated heterocycles. The number of nitrogens with one attached hydrogen (secondary N) is 2. The molecule has 0 spiro atoms. The van der Waals surface area contributed by atoms with Crippen molar-refractivity contribution in [1.82, 2.24) is 4.98 Å². The summed E-state index contributed by atoms with van der Waals surface area (Å²) in [4.78, 5) is 29.5. The number of hydrogen-bond acceptors (Lipinski definition) is 6. The van der Waals surface area contributed by atoms with Crippen molar-refractivity contribution in [2.45, 2.75) is 0 Å². The summed E-state index contributed by atoms with van der Waals surface area (Å²) >= 11 is 5.82. The van der Waals surface area contributed by atoms with Crippen LogP contribution in [0, 0.1) is 0 Å². The van der Waals surface area contributed by atoms with Crippen LogP contribution in [0.2, 0.25) is 5.02 Å². The molecule has 1 heterocycles. The van der Waals surface area contributed by atoms with Crippen molar-refractivity contribution < 1.29 is 19.5 Å². The number of carbonyl (C=O) groups is 2. The quantitative estimate of drug-likeness (QED) is 0.201. The molecular weight excluding hydrogens is 422 g/mol. The smallest absolute Gasteiger partial charge is 0.259 e. The highest BCUT2D eigenvalue weighted by Crippen LogP contribution is 2.24. The minimum absolute atomic E-state index is 0.0723. The number of oxime groups is 1. The van der Waals surface area contributed by atoms with Crippen LogP contribution in [-0.2, 0) is 0 Å². The van der Waals surface area contributed by atoms with Gasteiger partial charge in [-0.05, 0) is 42.5 Å². The van der Waals surface area contributed by atoms with Crippen LogP contribution in [0.25, 0.3) is 0 Å². The summed E-state index contributed by atoms with van der Waals surface area (Å²) in [6.45, 7) is 0. The van der Waals surface area contributed by atoms with Crippen molar-refractivity contribution in [3.8, 4) is 5.75 Å². The number of hydrogen-bond donors (Lipinski definition) is 4. The lowest BCUT2D eigenvalue weighted by atomic mass is 10.1. The zero-order valence-corrected chi connectivity index (χ0v) is 17.1. The van der Waals surface area contributed by atoms with E-state index in [1.165, 1.54) is 43.6 Å². The lowest BCUT2D eigenvalue weighted by molar-refractivity contribution is 0.102. The van der Waals surface area contributed by atoms with Crippen molar-refractivity contribution in [2.75, 3.05) is 17.7 Å². The molecule has 0 radical (unpaired) electrons. The molecule has 9 nitrogen and oxygen atoms in total. The van der Waals surface area contributed by atoms with E-state index in [1.54, 1.807) is 24.3 Å². The lowest BCUT2D eigenvalue weighted by Gasteiger charge is -2.13. The van der Waals surface area contributed by atoms with Gasteiger partial charge in [0.2, 0.25) is 0 Å². The normalized spacial score (nSPS) is 11.0. The molecule has 0 atom stereocenters. The maximum Gasteiger partial charge on any atom is 0.259 e. The van der Waals surface area contributed by atoms with E-state index in [1.807, 2.05) is 0 Å². The van der Waals surface area contributed by atoms with Crippen LogP contribution in [0.1, 0.15) is 26.3 Å². The van der Waals surface area contributed by atoms with Crippen molar-refractivity contribution in [2.24, 2.45) is 10.9 Å². The van der Waals surface area contributed by atoms with Gasteiger partial charge >= 0.3 is 0 Å². The molecule has 0 bridgehead atoms. The molecule has 3 aromatic rings. The maximum absolute atomic E-state index is 12.8. The summed E-state index contributed by atoms with van der Waals surface area (Å²) in [5.41, 5.74) is 6.75. The van der Waals surface area contributed by atoms with E-state index < -0.39 is 11.8 Å². The fraction of sp³-hybridized carbons (Fsp3) is 0.0476. The predicted molar refractivity (Wildman–Crippen MR) is 117 cm³/mol. The number of benzene rings is 2. The summed E-state index contributed by atoms with van der Waals surface area (Å²) in [6, 6.07) is 13.9. The molecule has 2 amide bonds. The molecule has 0 aliphatic carbocycles. The van der Waals surface area contributed by atoms with Gasteiger partial charge in [-0.25, -0.2) is 4.98 Å². The van der Waals surface area contributed by atoms with E-state index in [0.29, 0.717) is 27.7 Å². The van der Waals surface area contributed by atoms with E-state index in [0.717, 1.165) is 0 Å². The van der Waals surface area contributed by atoms with E-state index in [9.17, 15) is 9.59 Å². The van der Waals surface area contributed by atoms with E-state index >= 15 is 0 Å². The number of nitrogens with zero attached hydrogens (tertiary/aromatic N) is 2. The summed E-state index contributed by atoms with van der Waals surface area (Å²) < 4.78 is 5.19.